The average Bonchev–Trinajstić information content (AvgIpc) is 3.09. The van der Waals surface area contributed by atoms with E-state index in [0.29, 0.717) is 18.8 Å². The summed E-state index contributed by atoms with van der Waals surface area (Å²) in [6.45, 7) is 1.07. The lowest BCUT2D eigenvalue weighted by atomic mass is 10.2. The molecule has 2 aromatic heterocycles. The Hall–Kier alpha value is -3.08. The monoisotopic (exact) mass is 321 g/mol. The molecule has 1 amide bonds. The van der Waals surface area contributed by atoms with Gasteiger partial charge in [-0.1, -0.05) is 18.2 Å². The molecule has 0 unspecified atom stereocenters. The highest BCUT2D eigenvalue weighted by molar-refractivity contribution is 5.92. The van der Waals surface area contributed by atoms with E-state index in [0.717, 1.165) is 16.9 Å². The van der Waals surface area contributed by atoms with Crippen molar-refractivity contribution in [3.8, 4) is 5.75 Å². The molecule has 3 aromatic rings. The molecule has 2 heterocycles. The minimum Gasteiger partial charge on any atom is -0.497 e. The van der Waals surface area contributed by atoms with Gasteiger partial charge in [-0.2, -0.15) is 0 Å². The maximum absolute atomic E-state index is 12.5. The van der Waals surface area contributed by atoms with E-state index in [4.69, 9.17) is 4.74 Å². The fourth-order valence-electron chi connectivity index (χ4n) is 2.50. The summed E-state index contributed by atoms with van der Waals surface area (Å²) in [7, 11) is 1.63. The minimum absolute atomic E-state index is 0.105. The van der Waals surface area contributed by atoms with Crippen LogP contribution in [-0.4, -0.2) is 22.6 Å². The van der Waals surface area contributed by atoms with E-state index in [1.807, 2.05) is 59.3 Å². The van der Waals surface area contributed by atoms with Crippen LogP contribution in [0.1, 0.15) is 21.6 Å². The molecule has 3 rings (SSSR count). The second-order valence-corrected chi connectivity index (χ2v) is 5.42. The van der Waals surface area contributed by atoms with Gasteiger partial charge in [-0.3, -0.25) is 9.78 Å². The quantitative estimate of drug-likeness (QED) is 0.759. The zero-order valence-corrected chi connectivity index (χ0v) is 13.5. The van der Waals surface area contributed by atoms with E-state index >= 15 is 0 Å². The first-order chi connectivity index (χ1) is 11.8. The summed E-state index contributed by atoms with van der Waals surface area (Å²) in [6, 6.07) is 15.2. The van der Waals surface area contributed by atoms with Gasteiger partial charge >= 0.3 is 0 Å². The van der Waals surface area contributed by atoms with Gasteiger partial charge < -0.3 is 14.6 Å². The molecule has 1 N–H and O–H groups in total. The van der Waals surface area contributed by atoms with Crippen molar-refractivity contribution in [3.63, 3.8) is 0 Å². The van der Waals surface area contributed by atoms with E-state index in [-0.39, 0.29) is 5.91 Å². The molecular formula is C19H19N3O2. The van der Waals surface area contributed by atoms with Crippen molar-refractivity contribution >= 4 is 5.91 Å². The Morgan fingerprint density at radius 2 is 2.04 bits per heavy atom. The molecule has 0 spiro atoms. The second-order valence-electron chi connectivity index (χ2n) is 5.42. The summed E-state index contributed by atoms with van der Waals surface area (Å²) in [5, 5.41) is 2.95. The number of nitrogens with one attached hydrogen (secondary N) is 1. The molecular weight excluding hydrogens is 302 g/mol. The number of pyridine rings is 1. The highest BCUT2D eigenvalue weighted by Gasteiger charge is 2.11. The Kier molecular flexibility index (Phi) is 4.91. The Morgan fingerprint density at radius 3 is 2.83 bits per heavy atom. The molecule has 0 saturated carbocycles. The first kappa shape index (κ1) is 15.8. The number of amides is 1. The van der Waals surface area contributed by atoms with Crippen LogP contribution in [0.5, 0.6) is 5.75 Å². The second kappa shape index (κ2) is 7.46. The van der Waals surface area contributed by atoms with Crippen LogP contribution < -0.4 is 10.1 Å². The number of aromatic nitrogens is 2. The van der Waals surface area contributed by atoms with E-state index in [1.165, 1.54) is 0 Å². The Bertz CT molecular complexity index is 812. The van der Waals surface area contributed by atoms with Crippen molar-refractivity contribution in [2.24, 2.45) is 0 Å². The first-order valence-corrected chi connectivity index (χ1v) is 7.71. The van der Waals surface area contributed by atoms with E-state index < -0.39 is 0 Å². The highest BCUT2D eigenvalue weighted by Crippen LogP contribution is 2.13. The number of methoxy groups -OCH3 is 1. The zero-order chi connectivity index (χ0) is 16.8. The fourth-order valence-corrected chi connectivity index (χ4v) is 2.50. The molecule has 1 aromatic carbocycles. The molecule has 0 fully saturated rings. The topological polar surface area (TPSA) is 56.1 Å². The molecule has 122 valence electrons. The van der Waals surface area contributed by atoms with Gasteiger partial charge in [0.15, 0.2) is 0 Å². The lowest BCUT2D eigenvalue weighted by Crippen LogP contribution is -2.25. The minimum atomic E-state index is -0.105. The largest absolute Gasteiger partial charge is 0.497 e. The lowest BCUT2D eigenvalue weighted by Gasteiger charge is -2.10. The van der Waals surface area contributed by atoms with Gasteiger partial charge in [0.1, 0.15) is 11.4 Å². The Morgan fingerprint density at radius 1 is 1.17 bits per heavy atom. The number of carbonyl (C=O) groups excluding carboxylic acids is 1. The van der Waals surface area contributed by atoms with Crippen LogP contribution in [-0.2, 0) is 13.1 Å². The van der Waals surface area contributed by atoms with Crippen molar-refractivity contribution in [2.45, 2.75) is 13.1 Å². The number of hydrogen-bond acceptors (Lipinski definition) is 3. The van der Waals surface area contributed by atoms with Crippen LogP contribution >= 0.6 is 0 Å². The lowest BCUT2D eigenvalue weighted by molar-refractivity contribution is 0.0942. The van der Waals surface area contributed by atoms with Crippen LogP contribution in [0.15, 0.2) is 67.1 Å². The smallest absolute Gasteiger partial charge is 0.268 e. The van der Waals surface area contributed by atoms with Crippen molar-refractivity contribution in [3.05, 3.63) is 83.9 Å². The number of nitrogens with zero attached hydrogens (tertiary/aromatic N) is 2. The van der Waals surface area contributed by atoms with E-state index in [9.17, 15) is 4.79 Å². The van der Waals surface area contributed by atoms with Crippen LogP contribution in [0.4, 0.5) is 0 Å². The molecule has 24 heavy (non-hydrogen) atoms. The number of rotatable bonds is 6. The molecule has 0 aliphatic heterocycles. The number of ether oxygens (including phenoxy) is 1. The third-order valence-corrected chi connectivity index (χ3v) is 3.73. The summed E-state index contributed by atoms with van der Waals surface area (Å²) >= 11 is 0. The number of hydrogen-bond donors (Lipinski definition) is 1. The molecule has 0 aliphatic carbocycles. The van der Waals surface area contributed by atoms with E-state index in [1.54, 1.807) is 19.5 Å². The predicted molar refractivity (Wildman–Crippen MR) is 91.9 cm³/mol. The number of benzene rings is 1. The summed E-state index contributed by atoms with van der Waals surface area (Å²) in [5.74, 6) is 0.674. The SMILES string of the molecule is COc1cccc(CNC(=O)c2cccn2Cc2cccnc2)c1. The first-order valence-electron chi connectivity index (χ1n) is 7.71. The van der Waals surface area contributed by atoms with Gasteiger partial charge in [0.2, 0.25) is 0 Å². The molecule has 5 nitrogen and oxygen atoms in total. The van der Waals surface area contributed by atoms with Crippen LogP contribution in [0.2, 0.25) is 0 Å². The standard InChI is InChI=1S/C19H19N3O2/c1-24-17-7-2-5-15(11-17)13-21-19(23)18-8-4-10-22(18)14-16-6-3-9-20-12-16/h2-12H,13-14H2,1H3,(H,21,23). The molecule has 0 saturated heterocycles. The normalized spacial score (nSPS) is 10.4. The predicted octanol–water partition coefficient (Wildman–Crippen LogP) is 2.87. The molecule has 0 radical (unpaired) electrons. The van der Waals surface area contributed by atoms with Gasteiger partial charge in [0, 0.05) is 31.7 Å². The van der Waals surface area contributed by atoms with Crippen molar-refractivity contribution in [1.29, 1.82) is 0 Å². The van der Waals surface area contributed by atoms with Gasteiger partial charge in [-0.25, -0.2) is 0 Å². The summed E-state index contributed by atoms with van der Waals surface area (Å²) in [5.41, 5.74) is 2.67. The average molecular weight is 321 g/mol. The van der Waals surface area contributed by atoms with Crippen molar-refractivity contribution in [2.75, 3.05) is 7.11 Å². The Balaban J connectivity index is 1.66. The third kappa shape index (κ3) is 3.81. The summed E-state index contributed by atoms with van der Waals surface area (Å²) in [6.07, 6.45) is 5.44. The van der Waals surface area contributed by atoms with Gasteiger partial charge in [0.05, 0.1) is 7.11 Å². The zero-order valence-electron chi connectivity index (χ0n) is 13.5. The van der Waals surface area contributed by atoms with Crippen LogP contribution in [0.3, 0.4) is 0 Å². The maximum Gasteiger partial charge on any atom is 0.268 e. The highest BCUT2D eigenvalue weighted by atomic mass is 16.5. The maximum atomic E-state index is 12.5. The molecule has 0 atom stereocenters. The van der Waals surface area contributed by atoms with Gasteiger partial charge in [-0.15, -0.1) is 0 Å². The molecule has 0 aliphatic rings. The van der Waals surface area contributed by atoms with Crippen LogP contribution in [0.25, 0.3) is 0 Å². The van der Waals surface area contributed by atoms with Crippen molar-refractivity contribution in [1.82, 2.24) is 14.9 Å². The molecule has 5 heteroatoms. The van der Waals surface area contributed by atoms with Crippen LogP contribution in [0, 0.1) is 0 Å². The number of carbonyl (C=O) groups is 1. The van der Waals surface area contributed by atoms with Gasteiger partial charge in [0.25, 0.3) is 5.91 Å². The third-order valence-electron chi connectivity index (χ3n) is 3.73. The van der Waals surface area contributed by atoms with E-state index in [2.05, 4.69) is 10.3 Å². The summed E-state index contributed by atoms with van der Waals surface area (Å²) < 4.78 is 7.11. The van der Waals surface area contributed by atoms with Crippen molar-refractivity contribution < 1.29 is 9.53 Å². The molecule has 0 bridgehead atoms. The fraction of sp³-hybridized carbons (Fsp3) is 0.158. The Labute approximate surface area is 140 Å². The summed E-state index contributed by atoms with van der Waals surface area (Å²) in [4.78, 5) is 16.6. The van der Waals surface area contributed by atoms with Gasteiger partial charge in [-0.05, 0) is 41.5 Å².